The standard InChI is InChI=1S/C18H17NO2/c20-18(12-5-1-2-6-12)19-13-9-10-15-14-7-3-4-8-16(14)21-17(15)11-13/h3-4,7-12H,1-2,5-6H2,(H,19,20). The number of furan rings is 1. The van der Waals surface area contributed by atoms with Crippen molar-refractivity contribution in [3.8, 4) is 0 Å². The van der Waals surface area contributed by atoms with E-state index in [0.717, 1.165) is 40.5 Å². The van der Waals surface area contributed by atoms with Gasteiger partial charge in [-0.2, -0.15) is 0 Å². The molecule has 1 aromatic heterocycles. The molecule has 3 aromatic rings. The van der Waals surface area contributed by atoms with Gasteiger partial charge in [0.25, 0.3) is 0 Å². The minimum Gasteiger partial charge on any atom is -0.456 e. The Morgan fingerprint density at radius 1 is 1.00 bits per heavy atom. The Morgan fingerprint density at radius 3 is 2.62 bits per heavy atom. The highest BCUT2D eigenvalue weighted by atomic mass is 16.3. The van der Waals surface area contributed by atoms with Crippen molar-refractivity contribution in [1.82, 2.24) is 0 Å². The summed E-state index contributed by atoms with van der Waals surface area (Å²) >= 11 is 0. The second-order valence-corrected chi connectivity index (χ2v) is 5.78. The minimum absolute atomic E-state index is 0.142. The molecule has 2 aromatic carbocycles. The second-order valence-electron chi connectivity index (χ2n) is 5.78. The summed E-state index contributed by atoms with van der Waals surface area (Å²) in [7, 11) is 0. The smallest absolute Gasteiger partial charge is 0.227 e. The predicted octanol–water partition coefficient (Wildman–Crippen LogP) is 4.71. The number of fused-ring (bicyclic) bond motifs is 3. The zero-order valence-corrected chi connectivity index (χ0v) is 11.8. The topological polar surface area (TPSA) is 42.2 Å². The van der Waals surface area contributed by atoms with Crippen LogP contribution < -0.4 is 5.32 Å². The van der Waals surface area contributed by atoms with Crippen LogP contribution in [0.2, 0.25) is 0 Å². The van der Waals surface area contributed by atoms with E-state index in [9.17, 15) is 4.79 Å². The third-order valence-electron chi connectivity index (χ3n) is 4.37. The van der Waals surface area contributed by atoms with Crippen molar-refractivity contribution < 1.29 is 9.21 Å². The van der Waals surface area contributed by atoms with E-state index in [-0.39, 0.29) is 11.8 Å². The lowest BCUT2D eigenvalue weighted by atomic mass is 10.1. The molecule has 1 N–H and O–H groups in total. The van der Waals surface area contributed by atoms with Crippen LogP contribution in [0.4, 0.5) is 5.69 Å². The van der Waals surface area contributed by atoms with Crippen LogP contribution in [-0.2, 0) is 4.79 Å². The fourth-order valence-electron chi connectivity index (χ4n) is 3.24. The molecule has 0 unspecified atom stereocenters. The first kappa shape index (κ1) is 12.5. The number of carbonyl (C=O) groups excluding carboxylic acids is 1. The lowest BCUT2D eigenvalue weighted by Gasteiger charge is -2.10. The average Bonchev–Trinajstić information content (AvgIpc) is 3.14. The molecule has 1 aliphatic carbocycles. The van der Waals surface area contributed by atoms with Gasteiger partial charge in [-0.05, 0) is 31.0 Å². The first-order valence-corrected chi connectivity index (χ1v) is 7.53. The number of hydrogen-bond donors (Lipinski definition) is 1. The molecule has 1 amide bonds. The predicted molar refractivity (Wildman–Crippen MR) is 84.3 cm³/mol. The van der Waals surface area contributed by atoms with Gasteiger partial charge in [0.1, 0.15) is 11.2 Å². The summed E-state index contributed by atoms with van der Waals surface area (Å²) in [5.41, 5.74) is 2.52. The maximum absolute atomic E-state index is 12.2. The van der Waals surface area contributed by atoms with Gasteiger partial charge in [-0.25, -0.2) is 0 Å². The molecule has 4 rings (SSSR count). The zero-order chi connectivity index (χ0) is 14.2. The summed E-state index contributed by atoms with van der Waals surface area (Å²) in [6.07, 6.45) is 4.36. The molecular weight excluding hydrogens is 262 g/mol. The van der Waals surface area contributed by atoms with E-state index in [1.54, 1.807) is 0 Å². The van der Waals surface area contributed by atoms with Crippen LogP contribution in [0.25, 0.3) is 21.9 Å². The van der Waals surface area contributed by atoms with Gasteiger partial charge in [0.2, 0.25) is 5.91 Å². The van der Waals surface area contributed by atoms with Crippen LogP contribution in [0.5, 0.6) is 0 Å². The van der Waals surface area contributed by atoms with Crippen LogP contribution >= 0.6 is 0 Å². The normalized spacial score (nSPS) is 15.8. The molecule has 1 aliphatic rings. The van der Waals surface area contributed by atoms with E-state index in [4.69, 9.17) is 4.42 Å². The van der Waals surface area contributed by atoms with Crippen LogP contribution in [0.1, 0.15) is 25.7 Å². The lowest BCUT2D eigenvalue weighted by Crippen LogP contribution is -2.20. The van der Waals surface area contributed by atoms with Gasteiger partial charge in [-0.1, -0.05) is 31.0 Å². The van der Waals surface area contributed by atoms with Crippen molar-refractivity contribution in [2.45, 2.75) is 25.7 Å². The Labute approximate surface area is 122 Å². The fourth-order valence-corrected chi connectivity index (χ4v) is 3.24. The van der Waals surface area contributed by atoms with Crippen molar-refractivity contribution in [1.29, 1.82) is 0 Å². The van der Waals surface area contributed by atoms with Gasteiger partial charge in [-0.15, -0.1) is 0 Å². The molecule has 0 saturated heterocycles. The number of benzene rings is 2. The fraction of sp³-hybridized carbons (Fsp3) is 0.278. The molecule has 1 saturated carbocycles. The quantitative estimate of drug-likeness (QED) is 0.737. The Kier molecular flexibility index (Phi) is 2.92. The van der Waals surface area contributed by atoms with Crippen molar-refractivity contribution in [3.05, 3.63) is 42.5 Å². The molecule has 0 radical (unpaired) electrons. The highest BCUT2D eigenvalue weighted by Gasteiger charge is 2.22. The molecular formula is C18H17NO2. The van der Waals surface area contributed by atoms with Gasteiger partial charge in [0, 0.05) is 28.4 Å². The number of anilines is 1. The maximum Gasteiger partial charge on any atom is 0.227 e. The Bertz CT molecular complexity index is 812. The Morgan fingerprint density at radius 2 is 1.76 bits per heavy atom. The number of carbonyl (C=O) groups is 1. The van der Waals surface area contributed by atoms with Crippen molar-refractivity contribution >= 4 is 33.5 Å². The van der Waals surface area contributed by atoms with Gasteiger partial charge < -0.3 is 9.73 Å². The molecule has 3 heteroatoms. The highest BCUT2D eigenvalue weighted by Crippen LogP contribution is 2.31. The molecule has 0 aliphatic heterocycles. The Balaban J connectivity index is 1.67. The van der Waals surface area contributed by atoms with E-state index in [0.29, 0.717) is 0 Å². The third-order valence-corrected chi connectivity index (χ3v) is 4.37. The summed E-state index contributed by atoms with van der Waals surface area (Å²) in [6.45, 7) is 0. The van der Waals surface area contributed by atoms with Crippen molar-refractivity contribution in [2.24, 2.45) is 5.92 Å². The van der Waals surface area contributed by atoms with Gasteiger partial charge in [0.05, 0.1) is 0 Å². The molecule has 0 spiro atoms. The molecule has 0 bridgehead atoms. The Hall–Kier alpha value is -2.29. The zero-order valence-electron chi connectivity index (χ0n) is 11.8. The summed E-state index contributed by atoms with van der Waals surface area (Å²) in [4.78, 5) is 12.2. The van der Waals surface area contributed by atoms with Crippen LogP contribution in [0.3, 0.4) is 0 Å². The van der Waals surface area contributed by atoms with Gasteiger partial charge in [0.15, 0.2) is 0 Å². The van der Waals surface area contributed by atoms with Crippen molar-refractivity contribution in [3.63, 3.8) is 0 Å². The monoisotopic (exact) mass is 279 g/mol. The van der Waals surface area contributed by atoms with E-state index >= 15 is 0 Å². The maximum atomic E-state index is 12.2. The molecule has 1 heterocycles. The van der Waals surface area contributed by atoms with E-state index in [1.165, 1.54) is 12.8 Å². The SMILES string of the molecule is O=C(Nc1ccc2c(c1)oc1ccccc12)C1CCCC1. The molecule has 106 valence electrons. The van der Waals surface area contributed by atoms with E-state index in [1.807, 2.05) is 36.4 Å². The van der Waals surface area contributed by atoms with E-state index in [2.05, 4.69) is 11.4 Å². The van der Waals surface area contributed by atoms with Crippen LogP contribution in [0.15, 0.2) is 46.9 Å². The van der Waals surface area contributed by atoms with E-state index < -0.39 is 0 Å². The number of hydrogen-bond acceptors (Lipinski definition) is 2. The van der Waals surface area contributed by atoms with Crippen molar-refractivity contribution in [2.75, 3.05) is 5.32 Å². The number of amides is 1. The first-order valence-electron chi connectivity index (χ1n) is 7.53. The summed E-state index contributed by atoms with van der Waals surface area (Å²) in [5.74, 6) is 0.319. The van der Waals surface area contributed by atoms with Gasteiger partial charge >= 0.3 is 0 Å². The third kappa shape index (κ3) is 2.19. The highest BCUT2D eigenvalue weighted by molar-refractivity contribution is 6.06. The van der Waals surface area contributed by atoms with Crippen LogP contribution in [0, 0.1) is 5.92 Å². The number of nitrogens with one attached hydrogen (secondary N) is 1. The largest absolute Gasteiger partial charge is 0.456 e. The number of para-hydroxylation sites is 1. The minimum atomic E-state index is 0.142. The molecule has 1 fully saturated rings. The van der Waals surface area contributed by atoms with Gasteiger partial charge in [-0.3, -0.25) is 4.79 Å². The number of rotatable bonds is 2. The molecule has 3 nitrogen and oxygen atoms in total. The lowest BCUT2D eigenvalue weighted by molar-refractivity contribution is -0.119. The second kappa shape index (κ2) is 4.92. The molecule has 0 atom stereocenters. The summed E-state index contributed by atoms with van der Waals surface area (Å²) < 4.78 is 5.85. The molecule has 21 heavy (non-hydrogen) atoms. The average molecular weight is 279 g/mol. The first-order chi connectivity index (χ1) is 10.3. The van der Waals surface area contributed by atoms with Crippen LogP contribution in [-0.4, -0.2) is 5.91 Å². The summed E-state index contributed by atoms with van der Waals surface area (Å²) in [5, 5.41) is 5.22. The summed E-state index contributed by atoms with van der Waals surface area (Å²) in [6, 6.07) is 13.9.